The Morgan fingerprint density at radius 2 is 1.71 bits per heavy atom. The molecule has 0 aliphatic carbocycles. The molecule has 2 aromatic carbocycles. The Hall–Kier alpha value is -3.23. The molecule has 3 N–H and O–H groups in total. The number of thiophene rings is 1. The second-order valence-corrected chi connectivity index (χ2v) is 8.00. The molecule has 0 bridgehead atoms. The molecule has 0 atom stereocenters. The van der Waals surface area contributed by atoms with E-state index in [9.17, 15) is 9.59 Å². The van der Waals surface area contributed by atoms with E-state index in [1.807, 2.05) is 17.5 Å². The third-order valence-corrected chi connectivity index (χ3v) is 5.31. The molecule has 31 heavy (non-hydrogen) atoms. The maximum absolute atomic E-state index is 12.5. The van der Waals surface area contributed by atoms with Gasteiger partial charge in [-0.15, -0.1) is 11.3 Å². The Kier molecular flexibility index (Phi) is 8.14. The van der Waals surface area contributed by atoms with Crippen molar-refractivity contribution in [1.29, 1.82) is 0 Å². The molecule has 0 saturated carbocycles. The number of carbonyl (C=O) groups is 2. The van der Waals surface area contributed by atoms with Crippen LogP contribution in [-0.2, 0) is 0 Å². The Morgan fingerprint density at radius 1 is 0.968 bits per heavy atom. The first kappa shape index (κ1) is 22.5. The summed E-state index contributed by atoms with van der Waals surface area (Å²) in [6.45, 7) is 2.71. The molecule has 1 heterocycles. The summed E-state index contributed by atoms with van der Waals surface area (Å²) in [7, 11) is 0. The number of rotatable bonds is 8. The van der Waals surface area contributed by atoms with Crippen molar-refractivity contribution in [3.63, 3.8) is 0 Å². The van der Waals surface area contributed by atoms with Crippen LogP contribution in [0.2, 0.25) is 0 Å². The minimum Gasteiger partial charge on any atom is -0.494 e. The molecule has 0 aliphatic heterocycles. The molecule has 0 unspecified atom stereocenters. The van der Waals surface area contributed by atoms with Crippen LogP contribution < -0.4 is 20.7 Å². The SMILES string of the molecule is CCCCOc1cccc(C(=O)NC(=S)Nc2ccc(NC(=O)c3cccs3)cc2)c1. The first-order chi connectivity index (χ1) is 15.0. The van der Waals surface area contributed by atoms with Crippen molar-refractivity contribution in [3.8, 4) is 5.75 Å². The molecule has 1 aromatic heterocycles. The summed E-state index contributed by atoms with van der Waals surface area (Å²) in [5.74, 6) is 0.179. The van der Waals surface area contributed by atoms with Gasteiger partial charge in [0.2, 0.25) is 0 Å². The van der Waals surface area contributed by atoms with Gasteiger partial charge in [0.25, 0.3) is 11.8 Å². The van der Waals surface area contributed by atoms with Gasteiger partial charge < -0.3 is 15.4 Å². The Balaban J connectivity index is 1.51. The number of benzene rings is 2. The first-order valence-corrected chi connectivity index (χ1v) is 11.1. The minimum atomic E-state index is -0.321. The van der Waals surface area contributed by atoms with Gasteiger partial charge in [-0.1, -0.05) is 25.5 Å². The molecule has 3 aromatic rings. The van der Waals surface area contributed by atoms with Crippen LogP contribution in [0.15, 0.2) is 66.0 Å². The third kappa shape index (κ3) is 6.91. The highest BCUT2D eigenvalue weighted by molar-refractivity contribution is 7.80. The van der Waals surface area contributed by atoms with Gasteiger partial charge >= 0.3 is 0 Å². The van der Waals surface area contributed by atoms with Crippen LogP contribution in [0, 0.1) is 0 Å². The van der Waals surface area contributed by atoms with Crippen LogP contribution in [0.1, 0.15) is 39.8 Å². The van der Waals surface area contributed by atoms with Crippen molar-refractivity contribution in [1.82, 2.24) is 5.32 Å². The van der Waals surface area contributed by atoms with Gasteiger partial charge in [-0.3, -0.25) is 14.9 Å². The highest BCUT2D eigenvalue weighted by atomic mass is 32.1. The zero-order valence-electron chi connectivity index (χ0n) is 17.0. The van der Waals surface area contributed by atoms with Crippen LogP contribution in [0.4, 0.5) is 11.4 Å². The molecule has 8 heteroatoms. The summed E-state index contributed by atoms with van der Waals surface area (Å²) >= 11 is 6.63. The topological polar surface area (TPSA) is 79.5 Å². The predicted molar refractivity (Wildman–Crippen MR) is 129 cm³/mol. The minimum absolute atomic E-state index is 0.153. The lowest BCUT2D eigenvalue weighted by Gasteiger charge is -2.11. The number of hydrogen-bond donors (Lipinski definition) is 3. The number of hydrogen-bond acceptors (Lipinski definition) is 5. The molecule has 0 radical (unpaired) electrons. The lowest BCUT2D eigenvalue weighted by Crippen LogP contribution is -2.34. The van der Waals surface area contributed by atoms with Crippen LogP contribution in [0.5, 0.6) is 5.75 Å². The first-order valence-electron chi connectivity index (χ1n) is 9.85. The fourth-order valence-electron chi connectivity index (χ4n) is 2.64. The molecular formula is C23H23N3O3S2. The normalized spacial score (nSPS) is 10.2. The summed E-state index contributed by atoms with van der Waals surface area (Å²) in [6, 6.07) is 17.6. The van der Waals surface area contributed by atoms with E-state index in [-0.39, 0.29) is 16.9 Å². The van der Waals surface area contributed by atoms with Crippen molar-refractivity contribution < 1.29 is 14.3 Å². The van der Waals surface area contributed by atoms with Crippen molar-refractivity contribution in [3.05, 3.63) is 76.5 Å². The summed E-state index contributed by atoms with van der Waals surface area (Å²) in [5.41, 5.74) is 1.82. The summed E-state index contributed by atoms with van der Waals surface area (Å²) < 4.78 is 5.64. The van der Waals surface area contributed by atoms with Crippen molar-refractivity contribution in [2.45, 2.75) is 19.8 Å². The Bertz CT molecular complexity index is 1030. The Labute approximate surface area is 190 Å². The summed E-state index contributed by atoms with van der Waals surface area (Å²) in [5, 5.41) is 10.5. The number of thiocarbonyl (C=S) groups is 1. The standard InChI is InChI=1S/C23H23N3O3S2/c1-2-3-13-29-19-7-4-6-16(15-19)21(27)26-23(30)25-18-11-9-17(10-12-18)24-22(28)20-8-5-14-31-20/h4-12,14-15H,2-3,13H2,1H3,(H,24,28)(H2,25,26,27,30). The van der Waals surface area contributed by atoms with Gasteiger partial charge in [0.15, 0.2) is 5.11 Å². The molecule has 3 rings (SSSR count). The third-order valence-electron chi connectivity index (χ3n) is 4.24. The number of nitrogens with one attached hydrogen (secondary N) is 3. The maximum Gasteiger partial charge on any atom is 0.265 e. The van der Waals surface area contributed by atoms with Crippen LogP contribution in [0.3, 0.4) is 0 Å². The predicted octanol–water partition coefficient (Wildman–Crippen LogP) is 5.31. The van der Waals surface area contributed by atoms with E-state index in [4.69, 9.17) is 17.0 Å². The number of carbonyl (C=O) groups excluding carboxylic acids is 2. The van der Waals surface area contributed by atoms with Crippen molar-refractivity contribution in [2.24, 2.45) is 0 Å². The lowest BCUT2D eigenvalue weighted by atomic mass is 10.2. The number of ether oxygens (including phenoxy) is 1. The average molecular weight is 454 g/mol. The second-order valence-electron chi connectivity index (χ2n) is 6.65. The van der Waals surface area contributed by atoms with Crippen LogP contribution in [-0.4, -0.2) is 23.5 Å². The quantitative estimate of drug-likeness (QED) is 0.318. The Morgan fingerprint density at radius 3 is 2.39 bits per heavy atom. The van der Waals surface area contributed by atoms with E-state index in [1.165, 1.54) is 11.3 Å². The monoisotopic (exact) mass is 453 g/mol. The fourth-order valence-corrected chi connectivity index (χ4v) is 3.47. The second kappa shape index (κ2) is 11.2. The highest BCUT2D eigenvalue weighted by Gasteiger charge is 2.10. The van der Waals surface area contributed by atoms with E-state index in [1.54, 1.807) is 48.5 Å². The van der Waals surface area contributed by atoms with E-state index < -0.39 is 0 Å². The van der Waals surface area contributed by atoms with Gasteiger partial charge in [0, 0.05) is 16.9 Å². The van der Waals surface area contributed by atoms with Gasteiger partial charge in [0.05, 0.1) is 11.5 Å². The molecule has 2 amide bonds. The van der Waals surface area contributed by atoms with Crippen molar-refractivity contribution in [2.75, 3.05) is 17.2 Å². The highest BCUT2D eigenvalue weighted by Crippen LogP contribution is 2.17. The fraction of sp³-hybridized carbons (Fsp3) is 0.174. The molecule has 0 fully saturated rings. The zero-order valence-corrected chi connectivity index (χ0v) is 18.6. The lowest BCUT2D eigenvalue weighted by molar-refractivity contribution is 0.0976. The molecule has 0 spiro atoms. The molecule has 0 aliphatic rings. The average Bonchev–Trinajstić information content (AvgIpc) is 3.31. The molecule has 6 nitrogen and oxygen atoms in total. The zero-order chi connectivity index (χ0) is 22.1. The number of amides is 2. The molecule has 160 valence electrons. The number of anilines is 2. The largest absolute Gasteiger partial charge is 0.494 e. The van der Waals surface area contributed by atoms with E-state index in [2.05, 4.69) is 22.9 Å². The van der Waals surface area contributed by atoms with Gasteiger partial charge in [-0.05, 0) is 72.5 Å². The molecule has 0 saturated heterocycles. The van der Waals surface area contributed by atoms with E-state index in [0.29, 0.717) is 34.2 Å². The van der Waals surface area contributed by atoms with E-state index >= 15 is 0 Å². The summed E-state index contributed by atoms with van der Waals surface area (Å²) in [6.07, 6.45) is 2.00. The van der Waals surface area contributed by atoms with Crippen molar-refractivity contribution >= 4 is 51.9 Å². The summed E-state index contributed by atoms with van der Waals surface area (Å²) in [4.78, 5) is 25.2. The van der Waals surface area contributed by atoms with Gasteiger partial charge in [-0.25, -0.2) is 0 Å². The van der Waals surface area contributed by atoms with Crippen LogP contribution in [0.25, 0.3) is 0 Å². The van der Waals surface area contributed by atoms with Gasteiger partial charge in [-0.2, -0.15) is 0 Å². The van der Waals surface area contributed by atoms with Crippen LogP contribution >= 0.6 is 23.6 Å². The molecular weight excluding hydrogens is 430 g/mol. The number of unbranched alkanes of at least 4 members (excludes halogenated alkanes) is 1. The maximum atomic E-state index is 12.5. The smallest absolute Gasteiger partial charge is 0.265 e. The van der Waals surface area contributed by atoms with Gasteiger partial charge in [0.1, 0.15) is 5.75 Å². The van der Waals surface area contributed by atoms with E-state index in [0.717, 1.165) is 12.8 Å².